The third kappa shape index (κ3) is 1.60. The normalized spacial score (nSPS) is 15.5. The summed E-state index contributed by atoms with van der Waals surface area (Å²) in [6, 6.07) is 1.05. The summed E-state index contributed by atoms with van der Waals surface area (Å²) < 4.78 is 31.8. The minimum Gasteiger partial charge on any atom is -0.492 e. The molecule has 0 N–H and O–H groups in total. The molecule has 2 rings (SSSR count). The SMILES string of the molecule is Cc1cc(F)c(F)c2c1OCCCC2=O. The third-order valence-electron chi connectivity index (χ3n) is 2.43. The fourth-order valence-electron chi connectivity index (χ4n) is 1.70. The maximum absolute atomic E-state index is 13.4. The van der Waals surface area contributed by atoms with Crippen LogP contribution >= 0.6 is 0 Å². The van der Waals surface area contributed by atoms with Gasteiger partial charge in [0.15, 0.2) is 17.4 Å². The van der Waals surface area contributed by atoms with E-state index >= 15 is 0 Å². The van der Waals surface area contributed by atoms with Crippen LogP contribution in [0.1, 0.15) is 28.8 Å². The van der Waals surface area contributed by atoms with Crippen molar-refractivity contribution in [3.8, 4) is 5.75 Å². The molecule has 0 atom stereocenters. The number of Topliss-reactive ketones (excluding diaryl/α,β-unsaturated/α-hetero) is 1. The number of carbonyl (C=O) groups excluding carboxylic acids is 1. The summed E-state index contributed by atoms with van der Waals surface area (Å²) in [6.45, 7) is 1.96. The second-order valence-electron chi connectivity index (χ2n) is 3.57. The Balaban J connectivity index is 2.69. The second kappa shape index (κ2) is 3.61. The number of carbonyl (C=O) groups is 1. The number of ketones is 1. The highest BCUT2D eigenvalue weighted by Gasteiger charge is 2.25. The number of aryl methyl sites for hydroxylation is 1. The standard InChI is InChI=1S/C11H10F2O2/c1-6-5-7(12)10(13)9-8(14)3-2-4-15-11(6)9/h5H,2-4H2,1H3. The van der Waals surface area contributed by atoms with E-state index in [4.69, 9.17) is 4.74 Å². The van der Waals surface area contributed by atoms with E-state index in [1.807, 2.05) is 0 Å². The van der Waals surface area contributed by atoms with Gasteiger partial charge in [0.25, 0.3) is 0 Å². The summed E-state index contributed by atoms with van der Waals surface area (Å²) in [5.74, 6) is -2.29. The molecule has 0 saturated heterocycles. The van der Waals surface area contributed by atoms with Crippen molar-refractivity contribution < 1.29 is 18.3 Å². The minimum atomic E-state index is -1.09. The molecule has 0 fully saturated rings. The van der Waals surface area contributed by atoms with Crippen molar-refractivity contribution in [2.75, 3.05) is 6.61 Å². The zero-order chi connectivity index (χ0) is 11.0. The first-order valence-electron chi connectivity index (χ1n) is 4.76. The summed E-state index contributed by atoms with van der Waals surface area (Å²) in [4.78, 5) is 11.5. The fraction of sp³-hybridized carbons (Fsp3) is 0.364. The van der Waals surface area contributed by atoms with Gasteiger partial charge in [-0.05, 0) is 25.0 Å². The molecular weight excluding hydrogens is 202 g/mol. The Morgan fingerprint density at radius 2 is 2.13 bits per heavy atom. The van der Waals surface area contributed by atoms with E-state index in [1.54, 1.807) is 6.92 Å². The van der Waals surface area contributed by atoms with Gasteiger partial charge in [-0.15, -0.1) is 0 Å². The molecule has 80 valence electrons. The van der Waals surface area contributed by atoms with Crippen LogP contribution in [-0.4, -0.2) is 12.4 Å². The molecule has 1 aromatic carbocycles. The van der Waals surface area contributed by atoms with Crippen molar-refractivity contribution in [3.63, 3.8) is 0 Å². The van der Waals surface area contributed by atoms with Crippen molar-refractivity contribution in [2.45, 2.75) is 19.8 Å². The molecule has 0 saturated carbocycles. The predicted molar refractivity (Wildman–Crippen MR) is 50.2 cm³/mol. The molecule has 0 radical (unpaired) electrons. The number of hydrogen-bond acceptors (Lipinski definition) is 2. The number of benzene rings is 1. The van der Waals surface area contributed by atoms with Gasteiger partial charge in [-0.25, -0.2) is 8.78 Å². The first-order valence-corrected chi connectivity index (χ1v) is 4.76. The first kappa shape index (κ1) is 10.1. The van der Waals surface area contributed by atoms with Gasteiger partial charge in [0, 0.05) is 6.42 Å². The molecule has 0 unspecified atom stereocenters. The van der Waals surface area contributed by atoms with Crippen LogP contribution in [0.3, 0.4) is 0 Å². The van der Waals surface area contributed by atoms with E-state index in [0.717, 1.165) is 6.07 Å². The van der Waals surface area contributed by atoms with Crippen LogP contribution in [0.25, 0.3) is 0 Å². The summed E-state index contributed by atoms with van der Waals surface area (Å²) in [5, 5.41) is 0. The van der Waals surface area contributed by atoms with E-state index in [9.17, 15) is 13.6 Å². The van der Waals surface area contributed by atoms with Crippen LogP contribution in [0.4, 0.5) is 8.78 Å². The Bertz CT molecular complexity index is 427. The highest BCUT2D eigenvalue weighted by Crippen LogP contribution is 2.31. The van der Waals surface area contributed by atoms with Crippen LogP contribution in [0.5, 0.6) is 5.75 Å². The van der Waals surface area contributed by atoms with Crippen LogP contribution in [0.15, 0.2) is 6.07 Å². The van der Waals surface area contributed by atoms with Gasteiger partial charge in [-0.3, -0.25) is 4.79 Å². The van der Waals surface area contributed by atoms with Gasteiger partial charge in [-0.1, -0.05) is 0 Å². The van der Waals surface area contributed by atoms with Crippen molar-refractivity contribution in [1.29, 1.82) is 0 Å². The number of rotatable bonds is 0. The molecule has 0 spiro atoms. The Kier molecular flexibility index (Phi) is 2.42. The molecule has 1 aromatic rings. The predicted octanol–water partition coefficient (Wildman–Crippen LogP) is 2.63. The topological polar surface area (TPSA) is 26.3 Å². The fourth-order valence-corrected chi connectivity index (χ4v) is 1.70. The summed E-state index contributed by atoms with van der Waals surface area (Å²) in [5.41, 5.74) is 0.226. The van der Waals surface area contributed by atoms with E-state index < -0.39 is 11.6 Å². The Labute approximate surface area is 85.9 Å². The van der Waals surface area contributed by atoms with E-state index in [-0.39, 0.29) is 23.5 Å². The summed E-state index contributed by atoms with van der Waals surface area (Å²) in [7, 11) is 0. The van der Waals surface area contributed by atoms with Crippen LogP contribution in [0, 0.1) is 18.6 Å². The molecule has 0 aliphatic carbocycles. The van der Waals surface area contributed by atoms with Gasteiger partial charge in [-0.2, -0.15) is 0 Å². The van der Waals surface area contributed by atoms with Crippen LogP contribution < -0.4 is 4.74 Å². The van der Waals surface area contributed by atoms with Gasteiger partial charge in [0.05, 0.1) is 12.2 Å². The van der Waals surface area contributed by atoms with E-state index in [2.05, 4.69) is 0 Å². The molecule has 4 heteroatoms. The third-order valence-corrected chi connectivity index (χ3v) is 2.43. The van der Waals surface area contributed by atoms with E-state index in [0.29, 0.717) is 18.6 Å². The van der Waals surface area contributed by atoms with Crippen molar-refractivity contribution in [2.24, 2.45) is 0 Å². The van der Waals surface area contributed by atoms with Gasteiger partial charge >= 0.3 is 0 Å². The molecular formula is C11H10F2O2. The number of halogens is 2. The lowest BCUT2D eigenvalue weighted by atomic mass is 10.0. The van der Waals surface area contributed by atoms with Crippen LogP contribution in [0.2, 0.25) is 0 Å². The molecule has 2 nitrogen and oxygen atoms in total. The quantitative estimate of drug-likeness (QED) is 0.660. The maximum atomic E-state index is 13.4. The molecule has 1 heterocycles. The molecule has 1 aliphatic heterocycles. The zero-order valence-corrected chi connectivity index (χ0v) is 8.27. The van der Waals surface area contributed by atoms with Crippen LogP contribution in [-0.2, 0) is 0 Å². The average Bonchev–Trinajstić information content (AvgIpc) is 2.37. The molecule has 0 aromatic heterocycles. The highest BCUT2D eigenvalue weighted by molar-refractivity contribution is 5.99. The monoisotopic (exact) mass is 212 g/mol. The zero-order valence-electron chi connectivity index (χ0n) is 8.27. The number of hydrogen-bond donors (Lipinski definition) is 0. The van der Waals surface area contributed by atoms with Gasteiger partial charge in [0.1, 0.15) is 5.75 Å². The highest BCUT2D eigenvalue weighted by atomic mass is 19.2. The first-order chi connectivity index (χ1) is 7.11. The minimum absolute atomic E-state index is 0.191. The Morgan fingerprint density at radius 1 is 1.40 bits per heavy atom. The molecule has 0 bridgehead atoms. The molecule has 15 heavy (non-hydrogen) atoms. The summed E-state index contributed by atoms with van der Waals surface area (Å²) in [6.07, 6.45) is 0.737. The number of ether oxygens (including phenoxy) is 1. The average molecular weight is 212 g/mol. The number of fused-ring (bicyclic) bond motifs is 1. The van der Waals surface area contributed by atoms with Crippen molar-refractivity contribution in [3.05, 3.63) is 28.8 Å². The maximum Gasteiger partial charge on any atom is 0.173 e. The second-order valence-corrected chi connectivity index (χ2v) is 3.57. The summed E-state index contributed by atoms with van der Waals surface area (Å²) >= 11 is 0. The smallest absolute Gasteiger partial charge is 0.173 e. The lowest BCUT2D eigenvalue weighted by molar-refractivity contribution is 0.0978. The van der Waals surface area contributed by atoms with Crippen molar-refractivity contribution in [1.82, 2.24) is 0 Å². The largest absolute Gasteiger partial charge is 0.492 e. The molecule has 1 aliphatic rings. The van der Waals surface area contributed by atoms with Crippen molar-refractivity contribution >= 4 is 5.78 Å². The lowest BCUT2D eigenvalue weighted by Crippen LogP contribution is -2.05. The lowest BCUT2D eigenvalue weighted by Gasteiger charge is -2.10. The van der Waals surface area contributed by atoms with E-state index in [1.165, 1.54) is 0 Å². The Hall–Kier alpha value is -1.45. The molecule has 0 amide bonds. The Morgan fingerprint density at radius 3 is 2.87 bits per heavy atom. The van der Waals surface area contributed by atoms with Gasteiger partial charge in [0.2, 0.25) is 0 Å². The van der Waals surface area contributed by atoms with Gasteiger partial charge < -0.3 is 4.74 Å².